The average molecular weight is 496 g/mol. The highest BCUT2D eigenvalue weighted by Gasteiger charge is 2.54. The van der Waals surface area contributed by atoms with Gasteiger partial charge in [0.15, 0.2) is 5.69 Å². The Morgan fingerprint density at radius 1 is 1.14 bits per heavy atom. The summed E-state index contributed by atoms with van der Waals surface area (Å²) in [6.07, 6.45) is 7.35. The number of nitrogens with zero attached hydrogens (tertiary/aromatic N) is 3. The molecule has 1 aromatic carbocycles. The highest BCUT2D eigenvalue weighted by molar-refractivity contribution is 6.07. The Balaban J connectivity index is 1.38. The third kappa shape index (κ3) is 4.29. The summed E-state index contributed by atoms with van der Waals surface area (Å²) in [5, 5.41) is 6.02. The van der Waals surface area contributed by atoms with Gasteiger partial charge in [0.25, 0.3) is 11.8 Å². The standard InChI is InChI=1S/C26H33N5O5/c1-26(25(34)29-17-6-4-5-7-17)14-30-15-28-21(22(30)24(33)31(26)18-8-9-18)23(32)27-13-16-12-19(35-2)10-11-20(16)36-3/h10-12,15,17-18H,4-9,13-14H2,1-3H3,(H,27,32)(H,29,34). The van der Waals surface area contributed by atoms with Crippen LogP contribution in [0.3, 0.4) is 0 Å². The van der Waals surface area contributed by atoms with Crippen LogP contribution < -0.4 is 20.1 Å². The molecule has 0 spiro atoms. The summed E-state index contributed by atoms with van der Waals surface area (Å²) in [4.78, 5) is 46.4. The van der Waals surface area contributed by atoms with Gasteiger partial charge in [-0.25, -0.2) is 4.98 Å². The second-order valence-electron chi connectivity index (χ2n) is 10.1. The van der Waals surface area contributed by atoms with Crippen LogP contribution >= 0.6 is 0 Å². The molecule has 2 N–H and O–H groups in total. The first-order chi connectivity index (χ1) is 17.4. The summed E-state index contributed by atoms with van der Waals surface area (Å²) in [6, 6.07) is 5.49. The van der Waals surface area contributed by atoms with Crippen LogP contribution in [0.25, 0.3) is 0 Å². The highest BCUT2D eigenvalue weighted by atomic mass is 16.5. The van der Waals surface area contributed by atoms with E-state index in [-0.39, 0.29) is 48.4 Å². The Hall–Kier alpha value is -3.56. The Kier molecular flexibility index (Phi) is 6.36. The van der Waals surface area contributed by atoms with Gasteiger partial charge in [-0.3, -0.25) is 14.4 Å². The molecule has 0 radical (unpaired) electrons. The van der Waals surface area contributed by atoms with Crippen LogP contribution in [0.5, 0.6) is 11.5 Å². The molecule has 1 aromatic heterocycles. The third-order valence-corrected chi connectivity index (χ3v) is 7.50. The first kappa shape index (κ1) is 24.1. The van der Waals surface area contributed by atoms with E-state index in [1.807, 2.05) is 6.92 Å². The lowest BCUT2D eigenvalue weighted by Gasteiger charge is -2.44. The normalized spacial score (nSPS) is 21.8. The van der Waals surface area contributed by atoms with Gasteiger partial charge < -0.3 is 29.6 Å². The average Bonchev–Trinajstić information content (AvgIpc) is 3.38. The number of hydrogen-bond donors (Lipinski definition) is 2. The van der Waals surface area contributed by atoms with Gasteiger partial charge in [0, 0.05) is 24.2 Å². The lowest BCUT2D eigenvalue weighted by molar-refractivity contribution is -0.134. The summed E-state index contributed by atoms with van der Waals surface area (Å²) < 4.78 is 12.3. The minimum absolute atomic E-state index is 0.00238. The number of hydrogen-bond acceptors (Lipinski definition) is 6. The van der Waals surface area contributed by atoms with Crippen LogP contribution in [0.1, 0.15) is 72.0 Å². The fourth-order valence-electron chi connectivity index (χ4n) is 5.41. The number of aromatic nitrogens is 2. The predicted molar refractivity (Wildman–Crippen MR) is 131 cm³/mol. The van der Waals surface area contributed by atoms with Gasteiger partial charge in [-0.05, 0) is 50.8 Å². The molecule has 3 aliphatic rings. The lowest BCUT2D eigenvalue weighted by atomic mass is 9.93. The number of amides is 3. The number of imidazole rings is 1. The van der Waals surface area contributed by atoms with E-state index in [1.165, 1.54) is 6.33 Å². The van der Waals surface area contributed by atoms with E-state index in [0.717, 1.165) is 44.1 Å². The van der Waals surface area contributed by atoms with Gasteiger partial charge in [0.1, 0.15) is 22.7 Å². The first-order valence-electron chi connectivity index (χ1n) is 12.5. The van der Waals surface area contributed by atoms with Crippen LogP contribution in [-0.4, -0.2) is 64.0 Å². The topological polar surface area (TPSA) is 115 Å². The van der Waals surface area contributed by atoms with Gasteiger partial charge in [-0.2, -0.15) is 0 Å². The van der Waals surface area contributed by atoms with Crippen molar-refractivity contribution in [2.24, 2.45) is 0 Å². The van der Waals surface area contributed by atoms with E-state index in [1.54, 1.807) is 41.9 Å². The number of ether oxygens (including phenoxy) is 2. The molecule has 0 bridgehead atoms. The van der Waals surface area contributed by atoms with Gasteiger partial charge in [0.2, 0.25) is 5.91 Å². The second kappa shape index (κ2) is 9.48. The summed E-state index contributed by atoms with van der Waals surface area (Å²) in [5.41, 5.74) is -0.00902. The molecular formula is C26H33N5O5. The molecule has 1 aliphatic heterocycles. The van der Waals surface area contributed by atoms with E-state index in [4.69, 9.17) is 9.47 Å². The molecule has 3 amide bonds. The van der Waals surface area contributed by atoms with Crippen molar-refractivity contribution in [2.75, 3.05) is 14.2 Å². The van der Waals surface area contributed by atoms with E-state index < -0.39 is 11.4 Å². The van der Waals surface area contributed by atoms with Crippen LogP contribution in [0.2, 0.25) is 0 Å². The maximum absolute atomic E-state index is 13.8. The van der Waals surface area contributed by atoms with Crippen LogP contribution in [0, 0.1) is 0 Å². The number of rotatable bonds is 8. The number of carbonyl (C=O) groups excluding carboxylic acids is 3. The summed E-state index contributed by atoms with van der Waals surface area (Å²) >= 11 is 0. The largest absolute Gasteiger partial charge is 0.497 e. The monoisotopic (exact) mass is 495 g/mol. The second-order valence-corrected chi connectivity index (χ2v) is 10.1. The number of methoxy groups -OCH3 is 2. The minimum atomic E-state index is -1.03. The molecule has 2 heterocycles. The fourth-order valence-corrected chi connectivity index (χ4v) is 5.41. The molecule has 192 valence electrons. The lowest BCUT2D eigenvalue weighted by Crippen LogP contribution is -2.65. The van der Waals surface area contributed by atoms with E-state index in [9.17, 15) is 14.4 Å². The molecule has 1 unspecified atom stereocenters. The van der Waals surface area contributed by atoms with E-state index in [2.05, 4.69) is 15.6 Å². The molecule has 0 saturated heterocycles. The molecule has 10 nitrogen and oxygen atoms in total. The Labute approximate surface area is 210 Å². The van der Waals surface area contributed by atoms with Gasteiger partial charge >= 0.3 is 0 Å². The van der Waals surface area contributed by atoms with Gasteiger partial charge in [-0.1, -0.05) is 12.8 Å². The zero-order valence-electron chi connectivity index (χ0n) is 21.0. The molecule has 36 heavy (non-hydrogen) atoms. The van der Waals surface area contributed by atoms with Crippen LogP contribution in [-0.2, 0) is 17.9 Å². The third-order valence-electron chi connectivity index (χ3n) is 7.50. The Bertz CT molecular complexity index is 1180. The molecule has 2 aromatic rings. The van der Waals surface area contributed by atoms with Crippen molar-refractivity contribution in [3.05, 3.63) is 41.5 Å². The fraction of sp³-hybridized carbons (Fsp3) is 0.538. The number of carbonyl (C=O) groups is 3. The maximum Gasteiger partial charge on any atom is 0.274 e. The predicted octanol–water partition coefficient (Wildman–Crippen LogP) is 2.27. The zero-order valence-corrected chi connectivity index (χ0v) is 21.0. The summed E-state index contributed by atoms with van der Waals surface area (Å²) in [5.74, 6) is 0.337. The minimum Gasteiger partial charge on any atom is -0.497 e. The summed E-state index contributed by atoms with van der Waals surface area (Å²) in [6.45, 7) is 2.26. The molecule has 2 aliphatic carbocycles. The van der Waals surface area contributed by atoms with Crippen LogP contribution in [0.15, 0.2) is 24.5 Å². The van der Waals surface area contributed by atoms with Crippen molar-refractivity contribution in [3.63, 3.8) is 0 Å². The Morgan fingerprint density at radius 2 is 1.89 bits per heavy atom. The SMILES string of the molecule is COc1ccc(OC)c(CNC(=O)c2ncn3c2C(=O)N(C2CC2)C(C)(C(=O)NC2CCCC2)C3)c1. The smallest absolute Gasteiger partial charge is 0.274 e. The van der Waals surface area contributed by atoms with E-state index in [0.29, 0.717) is 11.5 Å². The summed E-state index contributed by atoms with van der Waals surface area (Å²) in [7, 11) is 3.13. The maximum atomic E-state index is 13.8. The number of nitrogens with one attached hydrogen (secondary N) is 2. The van der Waals surface area contributed by atoms with Crippen molar-refractivity contribution in [3.8, 4) is 11.5 Å². The van der Waals surface area contributed by atoms with E-state index >= 15 is 0 Å². The molecular weight excluding hydrogens is 462 g/mol. The van der Waals surface area contributed by atoms with Crippen molar-refractivity contribution in [1.29, 1.82) is 0 Å². The Morgan fingerprint density at radius 3 is 2.56 bits per heavy atom. The molecule has 5 rings (SSSR count). The van der Waals surface area contributed by atoms with Gasteiger partial charge in [-0.15, -0.1) is 0 Å². The molecule has 10 heteroatoms. The zero-order chi connectivity index (χ0) is 25.4. The quantitative estimate of drug-likeness (QED) is 0.581. The van der Waals surface area contributed by atoms with Crippen molar-refractivity contribution in [1.82, 2.24) is 25.1 Å². The van der Waals surface area contributed by atoms with Crippen molar-refractivity contribution >= 4 is 17.7 Å². The van der Waals surface area contributed by atoms with Crippen molar-refractivity contribution < 1.29 is 23.9 Å². The first-order valence-corrected chi connectivity index (χ1v) is 12.5. The molecule has 1 atom stereocenters. The van der Waals surface area contributed by atoms with Crippen LogP contribution in [0.4, 0.5) is 0 Å². The number of fused-ring (bicyclic) bond motifs is 1. The van der Waals surface area contributed by atoms with Crippen molar-refractivity contribution in [2.45, 2.75) is 76.2 Å². The highest BCUT2D eigenvalue weighted by Crippen LogP contribution is 2.39. The number of benzene rings is 1. The van der Waals surface area contributed by atoms with Gasteiger partial charge in [0.05, 0.1) is 27.1 Å². The molecule has 2 saturated carbocycles. The molecule has 2 fully saturated rings.